The Balaban J connectivity index is 1.85. The average Bonchev–Trinajstić information content (AvgIpc) is 2.94. The van der Waals surface area contributed by atoms with E-state index in [9.17, 15) is 0 Å². The minimum absolute atomic E-state index is 1.05. The molecule has 0 saturated carbocycles. The van der Waals surface area contributed by atoms with Gasteiger partial charge in [-0.3, -0.25) is 0 Å². The molecule has 2 heteroatoms. The Morgan fingerprint density at radius 2 is 1.89 bits per heavy atom. The summed E-state index contributed by atoms with van der Waals surface area (Å²) >= 11 is 0. The van der Waals surface area contributed by atoms with Crippen molar-refractivity contribution in [2.24, 2.45) is 0 Å². The predicted molar refractivity (Wildman–Crippen MR) is 79.4 cm³/mol. The van der Waals surface area contributed by atoms with Crippen LogP contribution in [0.5, 0.6) is 0 Å². The molecule has 0 unspecified atom stereocenters. The van der Waals surface area contributed by atoms with Crippen molar-refractivity contribution >= 4 is 16.6 Å². The number of nitrogens with zero attached hydrogens (tertiary/aromatic N) is 1. The van der Waals surface area contributed by atoms with Gasteiger partial charge in [0.05, 0.1) is 11.2 Å². The number of anilines is 1. The molecule has 19 heavy (non-hydrogen) atoms. The summed E-state index contributed by atoms with van der Waals surface area (Å²) in [5, 5.41) is 4.58. The van der Waals surface area contributed by atoms with Gasteiger partial charge >= 0.3 is 0 Å². The number of rotatable bonds is 1. The summed E-state index contributed by atoms with van der Waals surface area (Å²) in [6.07, 6.45) is 1.11. The van der Waals surface area contributed by atoms with Gasteiger partial charge in [0.15, 0.2) is 0 Å². The highest BCUT2D eigenvalue weighted by molar-refractivity contribution is 5.81. The largest absolute Gasteiger partial charge is 0.384 e. The second-order valence-corrected chi connectivity index (χ2v) is 4.94. The normalized spacial score (nSPS) is 13.3. The van der Waals surface area contributed by atoms with Gasteiger partial charge in [-0.25, -0.2) is 4.98 Å². The van der Waals surface area contributed by atoms with Crippen molar-refractivity contribution < 1.29 is 0 Å². The zero-order chi connectivity index (χ0) is 12.7. The van der Waals surface area contributed by atoms with Crippen molar-refractivity contribution in [3.8, 4) is 11.3 Å². The van der Waals surface area contributed by atoms with Gasteiger partial charge in [-0.15, -0.1) is 0 Å². The summed E-state index contributed by atoms with van der Waals surface area (Å²) in [6.45, 7) is 1.05. The standard InChI is InChI=1S/C17H14N2/c1-2-4-16-12(3-1)5-8-17(19-16)13-6-7-15-14(11-13)9-10-18-15/h1-8,11,18H,9-10H2. The molecule has 2 heterocycles. The van der Waals surface area contributed by atoms with Crippen LogP contribution >= 0.6 is 0 Å². The molecule has 1 N–H and O–H groups in total. The third kappa shape index (κ3) is 1.76. The van der Waals surface area contributed by atoms with Crippen LogP contribution in [0.15, 0.2) is 54.6 Å². The number of pyridine rings is 1. The van der Waals surface area contributed by atoms with E-state index in [0.29, 0.717) is 0 Å². The Bertz CT molecular complexity index is 762. The molecule has 3 aromatic rings. The van der Waals surface area contributed by atoms with Crippen molar-refractivity contribution in [1.82, 2.24) is 4.98 Å². The highest BCUT2D eigenvalue weighted by atomic mass is 14.9. The molecule has 0 amide bonds. The Kier molecular flexibility index (Phi) is 2.27. The highest BCUT2D eigenvalue weighted by Gasteiger charge is 2.11. The van der Waals surface area contributed by atoms with Gasteiger partial charge < -0.3 is 5.32 Å². The fourth-order valence-electron chi connectivity index (χ4n) is 2.69. The number of nitrogens with one attached hydrogen (secondary N) is 1. The smallest absolute Gasteiger partial charge is 0.0709 e. The monoisotopic (exact) mass is 246 g/mol. The van der Waals surface area contributed by atoms with E-state index in [1.807, 2.05) is 12.1 Å². The molecule has 0 bridgehead atoms. The molecule has 0 saturated heterocycles. The molecular weight excluding hydrogens is 232 g/mol. The van der Waals surface area contributed by atoms with Gasteiger partial charge in [0.2, 0.25) is 0 Å². The Hall–Kier alpha value is -2.35. The zero-order valence-electron chi connectivity index (χ0n) is 10.6. The van der Waals surface area contributed by atoms with E-state index < -0.39 is 0 Å². The topological polar surface area (TPSA) is 24.9 Å². The fraction of sp³-hybridized carbons (Fsp3) is 0.118. The van der Waals surface area contributed by atoms with E-state index in [1.54, 1.807) is 0 Å². The summed E-state index contributed by atoms with van der Waals surface area (Å²) in [5.41, 5.74) is 5.97. The molecule has 0 fully saturated rings. The second kappa shape index (κ2) is 4.09. The first-order valence-electron chi connectivity index (χ1n) is 6.63. The molecule has 0 spiro atoms. The molecule has 4 rings (SSSR count). The third-order valence-electron chi connectivity index (χ3n) is 3.71. The van der Waals surface area contributed by atoms with E-state index in [4.69, 9.17) is 4.98 Å². The first kappa shape index (κ1) is 10.6. The molecule has 0 atom stereocenters. The molecule has 92 valence electrons. The SMILES string of the molecule is c1ccc2nc(-c3ccc4c(c3)CCN4)ccc2c1. The predicted octanol–water partition coefficient (Wildman–Crippen LogP) is 3.87. The Morgan fingerprint density at radius 1 is 0.947 bits per heavy atom. The van der Waals surface area contributed by atoms with Crippen molar-refractivity contribution in [2.45, 2.75) is 6.42 Å². The molecular formula is C17H14N2. The number of hydrogen-bond acceptors (Lipinski definition) is 2. The lowest BCUT2D eigenvalue weighted by Gasteiger charge is -2.06. The zero-order valence-corrected chi connectivity index (χ0v) is 10.6. The summed E-state index contributed by atoms with van der Waals surface area (Å²) in [4.78, 5) is 4.75. The fourth-order valence-corrected chi connectivity index (χ4v) is 2.69. The van der Waals surface area contributed by atoms with Crippen LogP contribution in [-0.4, -0.2) is 11.5 Å². The molecule has 1 aromatic heterocycles. The lowest BCUT2D eigenvalue weighted by Crippen LogP contribution is -1.90. The maximum Gasteiger partial charge on any atom is 0.0709 e. The Labute approximate surface area is 112 Å². The van der Waals surface area contributed by atoms with E-state index in [0.717, 1.165) is 24.2 Å². The van der Waals surface area contributed by atoms with Crippen LogP contribution in [-0.2, 0) is 6.42 Å². The van der Waals surface area contributed by atoms with Crippen LogP contribution in [0.3, 0.4) is 0 Å². The van der Waals surface area contributed by atoms with E-state index in [-0.39, 0.29) is 0 Å². The van der Waals surface area contributed by atoms with Crippen LogP contribution in [0.1, 0.15) is 5.56 Å². The number of hydrogen-bond donors (Lipinski definition) is 1. The summed E-state index contributed by atoms with van der Waals surface area (Å²) in [6, 6.07) is 19.0. The summed E-state index contributed by atoms with van der Waals surface area (Å²) < 4.78 is 0. The average molecular weight is 246 g/mol. The van der Waals surface area contributed by atoms with Crippen LogP contribution in [0, 0.1) is 0 Å². The number of benzene rings is 2. The van der Waals surface area contributed by atoms with Crippen LogP contribution in [0.4, 0.5) is 5.69 Å². The minimum atomic E-state index is 1.05. The van der Waals surface area contributed by atoms with E-state index >= 15 is 0 Å². The molecule has 1 aliphatic rings. The number of aromatic nitrogens is 1. The first-order valence-corrected chi connectivity index (χ1v) is 6.63. The maximum absolute atomic E-state index is 4.75. The van der Waals surface area contributed by atoms with Gasteiger partial charge in [-0.1, -0.05) is 30.3 Å². The van der Waals surface area contributed by atoms with Gasteiger partial charge in [-0.2, -0.15) is 0 Å². The van der Waals surface area contributed by atoms with Crippen molar-refractivity contribution in [3.63, 3.8) is 0 Å². The highest BCUT2D eigenvalue weighted by Crippen LogP contribution is 2.28. The molecule has 0 radical (unpaired) electrons. The third-order valence-corrected chi connectivity index (χ3v) is 3.71. The van der Waals surface area contributed by atoms with E-state index in [2.05, 4.69) is 47.8 Å². The van der Waals surface area contributed by atoms with E-state index in [1.165, 1.54) is 22.2 Å². The minimum Gasteiger partial charge on any atom is -0.384 e. The quantitative estimate of drug-likeness (QED) is 0.705. The second-order valence-electron chi connectivity index (χ2n) is 4.94. The molecule has 0 aliphatic carbocycles. The van der Waals surface area contributed by atoms with Gasteiger partial charge in [0.25, 0.3) is 0 Å². The van der Waals surface area contributed by atoms with Crippen LogP contribution in [0.2, 0.25) is 0 Å². The Morgan fingerprint density at radius 3 is 2.89 bits per heavy atom. The summed E-state index contributed by atoms with van der Waals surface area (Å²) in [7, 11) is 0. The van der Waals surface area contributed by atoms with Crippen molar-refractivity contribution in [2.75, 3.05) is 11.9 Å². The van der Waals surface area contributed by atoms with Gasteiger partial charge in [-0.05, 0) is 36.2 Å². The lowest BCUT2D eigenvalue weighted by atomic mass is 10.0. The molecule has 1 aliphatic heterocycles. The number of para-hydroxylation sites is 1. The van der Waals surface area contributed by atoms with Crippen molar-refractivity contribution in [1.29, 1.82) is 0 Å². The molecule has 2 nitrogen and oxygen atoms in total. The first-order chi connectivity index (χ1) is 9.40. The molecule has 2 aromatic carbocycles. The maximum atomic E-state index is 4.75. The van der Waals surface area contributed by atoms with Crippen molar-refractivity contribution in [3.05, 3.63) is 60.2 Å². The van der Waals surface area contributed by atoms with Crippen LogP contribution in [0.25, 0.3) is 22.2 Å². The lowest BCUT2D eigenvalue weighted by molar-refractivity contribution is 1.11. The summed E-state index contributed by atoms with van der Waals surface area (Å²) in [5.74, 6) is 0. The van der Waals surface area contributed by atoms with Gasteiger partial charge in [0, 0.05) is 23.2 Å². The van der Waals surface area contributed by atoms with Gasteiger partial charge in [0.1, 0.15) is 0 Å². The van der Waals surface area contributed by atoms with Crippen LogP contribution < -0.4 is 5.32 Å². The number of fused-ring (bicyclic) bond motifs is 2.